The van der Waals surface area contributed by atoms with Gasteiger partial charge in [0.25, 0.3) is 5.62 Å². The zero-order valence-electron chi connectivity index (χ0n) is 6.17. The second-order valence-corrected chi connectivity index (χ2v) is 3.50. The van der Waals surface area contributed by atoms with Crippen LogP contribution >= 0.6 is 0 Å². The Morgan fingerprint density at radius 3 is 2.54 bits per heavy atom. The lowest BCUT2D eigenvalue weighted by atomic mass is 10.6. The first kappa shape index (κ1) is 9.48. The summed E-state index contributed by atoms with van der Waals surface area (Å²) in [4.78, 5) is 3.07. The number of nitrogens with one attached hydrogen (secondary N) is 1. The topological polar surface area (TPSA) is 142 Å². The molecular formula is C4H6N4O4S. The third kappa shape index (κ3) is 1.76. The lowest BCUT2D eigenvalue weighted by molar-refractivity contribution is 0.170. The molecule has 5 N–H and O–H groups in total. The van der Waals surface area contributed by atoms with Gasteiger partial charge in [-0.2, -0.15) is 13.4 Å². The third-order valence-corrected chi connectivity index (χ3v) is 1.93. The van der Waals surface area contributed by atoms with Gasteiger partial charge in [0.05, 0.1) is 0 Å². The maximum atomic E-state index is 10.5. The van der Waals surface area contributed by atoms with Crippen LogP contribution in [0.4, 0.5) is 5.82 Å². The van der Waals surface area contributed by atoms with Gasteiger partial charge in [0, 0.05) is 6.07 Å². The number of nitrogens with zero attached hydrogens (tertiary/aromatic N) is 2. The molecule has 0 aliphatic carbocycles. The van der Waals surface area contributed by atoms with Crippen molar-refractivity contribution in [2.24, 2.45) is 0 Å². The van der Waals surface area contributed by atoms with Gasteiger partial charge in [-0.3, -0.25) is 9.96 Å². The fourth-order valence-electron chi connectivity index (χ4n) is 0.626. The Labute approximate surface area is 72.5 Å². The molecule has 8 nitrogen and oxygen atoms in total. The van der Waals surface area contributed by atoms with Gasteiger partial charge in [-0.1, -0.05) is 0 Å². The monoisotopic (exact) mass is 206 g/mol. The van der Waals surface area contributed by atoms with Crippen molar-refractivity contribution in [3.05, 3.63) is 11.7 Å². The Morgan fingerprint density at radius 2 is 2.15 bits per heavy atom. The van der Waals surface area contributed by atoms with Gasteiger partial charge < -0.3 is 10.9 Å². The van der Waals surface area contributed by atoms with E-state index in [9.17, 15) is 8.42 Å². The van der Waals surface area contributed by atoms with Crippen molar-refractivity contribution < 1.29 is 18.2 Å². The van der Waals surface area contributed by atoms with E-state index in [1.807, 2.05) is 0 Å². The van der Waals surface area contributed by atoms with Crippen molar-refractivity contribution in [3.8, 4) is 0 Å². The van der Waals surface area contributed by atoms with Gasteiger partial charge in [-0.15, -0.1) is 4.73 Å². The van der Waals surface area contributed by atoms with Crippen molar-refractivity contribution in [3.63, 3.8) is 0 Å². The quantitative estimate of drug-likeness (QED) is 0.248. The van der Waals surface area contributed by atoms with Gasteiger partial charge in [0.2, 0.25) is 0 Å². The van der Waals surface area contributed by atoms with E-state index in [1.165, 1.54) is 0 Å². The van der Waals surface area contributed by atoms with E-state index >= 15 is 0 Å². The summed E-state index contributed by atoms with van der Waals surface area (Å²) in [6, 6.07) is 0.730. The molecule has 9 heteroatoms. The number of aromatic nitrogens is 2. The fraction of sp³-hybridized carbons (Fsp3) is 0. The normalized spacial score (nSPS) is 11.5. The van der Waals surface area contributed by atoms with Gasteiger partial charge in [-0.25, -0.2) is 0 Å². The van der Waals surface area contributed by atoms with Crippen LogP contribution in [0.15, 0.2) is 11.1 Å². The number of anilines is 1. The maximum Gasteiger partial charge on any atom is 0.312 e. The van der Waals surface area contributed by atoms with Crippen LogP contribution < -0.4 is 11.4 Å². The summed E-state index contributed by atoms with van der Waals surface area (Å²) in [5.74, 6) is -0.410. The van der Waals surface area contributed by atoms with Crippen LogP contribution in [0, 0.1) is 5.41 Å². The van der Waals surface area contributed by atoms with Gasteiger partial charge in [0.15, 0.2) is 5.03 Å². The summed E-state index contributed by atoms with van der Waals surface area (Å²) in [6.07, 6.45) is 0. The molecule has 0 saturated heterocycles. The van der Waals surface area contributed by atoms with Crippen LogP contribution in [0.5, 0.6) is 0 Å². The Morgan fingerprint density at radius 1 is 1.62 bits per heavy atom. The number of hydrogen-bond donors (Lipinski definition) is 4. The maximum absolute atomic E-state index is 10.5. The van der Waals surface area contributed by atoms with E-state index in [-0.39, 0.29) is 4.73 Å². The first-order chi connectivity index (χ1) is 5.82. The van der Waals surface area contributed by atoms with Crippen LogP contribution in [-0.4, -0.2) is 27.9 Å². The molecule has 0 amide bonds. The Balaban J connectivity index is 3.56. The lowest BCUT2D eigenvalue weighted by Crippen LogP contribution is -2.25. The van der Waals surface area contributed by atoms with Crippen molar-refractivity contribution in [1.29, 1.82) is 5.41 Å². The summed E-state index contributed by atoms with van der Waals surface area (Å²) in [5, 5.41) is 15.0. The predicted molar refractivity (Wildman–Crippen MR) is 39.5 cm³/mol. The molecule has 0 aromatic carbocycles. The first-order valence-corrected chi connectivity index (χ1v) is 4.37. The van der Waals surface area contributed by atoms with E-state index in [0.717, 1.165) is 6.07 Å². The van der Waals surface area contributed by atoms with Crippen LogP contribution in [0.1, 0.15) is 0 Å². The van der Waals surface area contributed by atoms with Gasteiger partial charge in [-0.05, 0) is 0 Å². The fourth-order valence-corrected chi connectivity index (χ4v) is 1.10. The van der Waals surface area contributed by atoms with Crippen molar-refractivity contribution in [1.82, 2.24) is 9.71 Å². The van der Waals surface area contributed by atoms with E-state index in [0.29, 0.717) is 0 Å². The summed E-state index contributed by atoms with van der Waals surface area (Å²) >= 11 is 0. The predicted octanol–water partition coefficient (Wildman–Crippen LogP) is -1.57. The number of hydrogen-bond acceptors (Lipinski definition) is 6. The van der Waals surface area contributed by atoms with Crippen LogP contribution in [0.2, 0.25) is 0 Å². The standard InChI is InChI=1S/C4H6N4O4S/c5-2-1-3(13(10,11)12)7-4(6)8(2)9/h1,6,9H,5H2,(H,10,11,12). The molecular weight excluding hydrogens is 200 g/mol. The summed E-state index contributed by atoms with van der Waals surface area (Å²) in [6.45, 7) is 0. The lowest BCUT2D eigenvalue weighted by Gasteiger charge is -2.02. The minimum Gasteiger partial charge on any atom is -0.423 e. The molecule has 0 unspecified atom stereocenters. The molecule has 1 aromatic heterocycles. The molecule has 1 rings (SSSR count). The number of nitrogen functional groups attached to an aromatic ring is 1. The SMILES string of the molecule is N=c1nc(S(=O)(=O)O)cc(N)n1O. The first-order valence-electron chi connectivity index (χ1n) is 2.93. The Hall–Kier alpha value is -1.61. The molecule has 1 heterocycles. The molecule has 0 aliphatic heterocycles. The molecule has 0 atom stereocenters. The molecule has 0 spiro atoms. The van der Waals surface area contributed by atoms with Crippen LogP contribution in [0.25, 0.3) is 0 Å². The highest BCUT2D eigenvalue weighted by Crippen LogP contribution is 2.04. The molecule has 0 aliphatic rings. The molecule has 0 fully saturated rings. The highest BCUT2D eigenvalue weighted by molar-refractivity contribution is 7.85. The highest BCUT2D eigenvalue weighted by Gasteiger charge is 2.13. The summed E-state index contributed by atoms with van der Waals surface area (Å²) < 4.78 is 29.7. The second-order valence-electron chi connectivity index (χ2n) is 2.13. The van der Waals surface area contributed by atoms with Crippen molar-refractivity contribution in [2.45, 2.75) is 5.03 Å². The van der Waals surface area contributed by atoms with E-state index in [1.54, 1.807) is 0 Å². The minimum atomic E-state index is -4.50. The summed E-state index contributed by atoms with van der Waals surface area (Å²) in [5.41, 5.74) is 4.31. The zero-order valence-corrected chi connectivity index (χ0v) is 6.98. The average molecular weight is 206 g/mol. The average Bonchev–Trinajstić information content (AvgIpc) is 1.97. The van der Waals surface area contributed by atoms with Crippen LogP contribution in [-0.2, 0) is 10.1 Å². The van der Waals surface area contributed by atoms with Gasteiger partial charge in [0.1, 0.15) is 5.82 Å². The molecule has 0 saturated carbocycles. The largest absolute Gasteiger partial charge is 0.423 e. The molecule has 13 heavy (non-hydrogen) atoms. The Kier molecular flexibility index (Phi) is 1.97. The summed E-state index contributed by atoms with van der Waals surface area (Å²) in [7, 11) is -4.50. The molecule has 72 valence electrons. The third-order valence-electron chi connectivity index (χ3n) is 1.20. The van der Waals surface area contributed by atoms with Crippen molar-refractivity contribution in [2.75, 3.05) is 5.73 Å². The van der Waals surface area contributed by atoms with E-state index in [4.69, 9.17) is 20.9 Å². The Bertz CT molecular complexity index is 489. The smallest absolute Gasteiger partial charge is 0.312 e. The molecule has 0 bridgehead atoms. The molecule has 0 radical (unpaired) electrons. The van der Waals surface area contributed by atoms with Crippen LogP contribution in [0.3, 0.4) is 0 Å². The van der Waals surface area contributed by atoms with Gasteiger partial charge >= 0.3 is 10.1 Å². The number of nitrogens with two attached hydrogens (primary N) is 1. The molecule has 1 aromatic rings. The highest BCUT2D eigenvalue weighted by atomic mass is 32.2. The zero-order chi connectivity index (χ0) is 10.2. The minimum absolute atomic E-state index is 0.175. The number of rotatable bonds is 1. The van der Waals surface area contributed by atoms with E-state index in [2.05, 4.69) is 4.98 Å². The second kappa shape index (κ2) is 2.71. The van der Waals surface area contributed by atoms with E-state index < -0.39 is 26.6 Å². The van der Waals surface area contributed by atoms with Crippen molar-refractivity contribution >= 4 is 15.9 Å².